The van der Waals surface area contributed by atoms with Crippen LogP contribution in [0.3, 0.4) is 0 Å². The number of methoxy groups -OCH3 is 1. The zero-order valence-corrected chi connectivity index (χ0v) is 10.9. The molecule has 2 aromatic carbocycles. The highest BCUT2D eigenvalue weighted by atomic mass is 19.1. The Morgan fingerprint density at radius 1 is 1.10 bits per heavy atom. The summed E-state index contributed by atoms with van der Waals surface area (Å²) < 4.78 is 23.5. The lowest BCUT2D eigenvalue weighted by atomic mass is 9.88. The smallest absolute Gasteiger partial charge is 0.338 e. The molecule has 0 aliphatic carbocycles. The standard InChI is InChI=1S/C16H13FO3/c1-19-15(18)14-16(20-14,11-5-3-2-4-6-11)12-7-9-13(17)10-8-12/h2-10,14H,1H3/t14-,16+/m0/s1. The second-order valence-corrected chi connectivity index (χ2v) is 4.63. The van der Waals surface area contributed by atoms with Crippen molar-refractivity contribution in [3.63, 3.8) is 0 Å². The molecule has 0 N–H and O–H groups in total. The highest BCUT2D eigenvalue weighted by Crippen LogP contribution is 2.52. The Hall–Kier alpha value is -2.20. The molecule has 1 aliphatic heterocycles. The van der Waals surface area contributed by atoms with Crippen LogP contribution in [-0.4, -0.2) is 19.2 Å². The molecule has 0 radical (unpaired) electrons. The van der Waals surface area contributed by atoms with Crippen LogP contribution in [0.5, 0.6) is 0 Å². The van der Waals surface area contributed by atoms with E-state index in [9.17, 15) is 9.18 Å². The van der Waals surface area contributed by atoms with Gasteiger partial charge in [0.05, 0.1) is 7.11 Å². The summed E-state index contributed by atoms with van der Waals surface area (Å²) in [5, 5.41) is 0. The van der Waals surface area contributed by atoms with Crippen molar-refractivity contribution >= 4 is 5.97 Å². The summed E-state index contributed by atoms with van der Waals surface area (Å²) in [6.07, 6.45) is -0.694. The number of hydrogen-bond donors (Lipinski definition) is 0. The summed E-state index contributed by atoms with van der Waals surface area (Å²) in [5.74, 6) is -0.759. The van der Waals surface area contributed by atoms with E-state index in [0.29, 0.717) is 0 Å². The van der Waals surface area contributed by atoms with Crippen molar-refractivity contribution < 1.29 is 18.7 Å². The topological polar surface area (TPSA) is 38.8 Å². The molecule has 4 heteroatoms. The molecule has 20 heavy (non-hydrogen) atoms. The van der Waals surface area contributed by atoms with Crippen LogP contribution in [0.2, 0.25) is 0 Å². The van der Waals surface area contributed by atoms with Crippen molar-refractivity contribution in [3.8, 4) is 0 Å². The highest BCUT2D eigenvalue weighted by Gasteiger charge is 2.63. The van der Waals surface area contributed by atoms with E-state index in [4.69, 9.17) is 9.47 Å². The van der Waals surface area contributed by atoms with E-state index in [0.717, 1.165) is 11.1 Å². The van der Waals surface area contributed by atoms with Crippen LogP contribution in [-0.2, 0) is 19.9 Å². The zero-order chi connectivity index (χ0) is 14.2. The summed E-state index contributed by atoms with van der Waals surface area (Å²) in [6.45, 7) is 0. The van der Waals surface area contributed by atoms with Gasteiger partial charge in [-0.2, -0.15) is 0 Å². The average Bonchev–Trinajstić information content (AvgIpc) is 3.25. The molecule has 3 nitrogen and oxygen atoms in total. The minimum absolute atomic E-state index is 0.327. The molecule has 1 saturated heterocycles. The molecule has 1 aliphatic rings. The number of hydrogen-bond acceptors (Lipinski definition) is 3. The summed E-state index contributed by atoms with van der Waals surface area (Å²) in [6, 6.07) is 15.4. The third kappa shape index (κ3) is 1.89. The summed E-state index contributed by atoms with van der Waals surface area (Å²) in [7, 11) is 1.32. The van der Waals surface area contributed by atoms with Gasteiger partial charge in [0, 0.05) is 0 Å². The van der Waals surface area contributed by atoms with E-state index in [1.54, 1.807) is 12.1 Å². The largest absolute Gasteiger partial charge is 0.467 e. The van der Waals surface area contributed by atoms with Gasteiger partial charge in [-0.3, -0.25) is 0 Å². The lowest BCUT2D eigenvalue weighted by molar-refractivity contribution is -0.142. The van der Waals surface area contributed by atoms with Crippen LogP contribution >= 0.6 is 0 Å². The fourth-order valence-electron chi connectivity index (χ4n) is 2.46. The lowest BCUT2D eigenvalue weighted by Crippen LogP contribution is -2.21. The number of rotatable bonds is 3. The third-order valence-corrected chi connectivity index (χ3v) is 3.51. The molecule has 0 amide bonds. The van der Waals surface area contributed by atoms with Crippen LogP contribution in [0.15, 0.2) is 54.6 Å². The van der Waals surface area contributed by atoms with Crippen molar-refractivity contribution in [2.75, 3.05) is 7.11 Å². The number of ether oxygens (including phenoxy) is 2. The van der Waals surface area contributed by atoms with E-state index in [-0.39, 0.29) is 5.82 Å². The Balaban J connectivity index is 2.07. The fraction of sp³-hybridized carbons (Fsp3) is 0.188. The Morgan fingerprint density at radius 2 is 1.70 bits per heavy atom. The molecule has 0 bridgehead atoms. The van der Waals surface area contributed by atoms with Gasteiger partial charge in [-0.1, -0.05) is 42.5 Å². The van der Waals surface area contributed by atoms with Crippen LogP contribution in [0.25, 0.3) is 0 Å². The molecule has 0 saturated carbocycles. The van der Waals surface area contributed by atoms with E-state index >= 15 is 0 Å². The fourth-order valence-corrected chi connectivity index (χ4v) is 2.46. The first-order valence-electron chi connectivity index (χ1n) is 6.25. The van der Waals surface area contributed by atoms with Crippen LogP contribution in [0, 0.1) is 5.82 Å². The number of epoxide rings is 1. The second kappa shape index (κ2) is 4.72. The Morgan fingerprint density at radius 3 is 2.30 bits per heavy atom. The molecule has 3 rings (SSSR count). The highest BCUT2D eigenvalue weighted by molar-refractivity contribution is 5.81. The number of carbonyl (C=O) groups excluding carboxylic acids is 1. The zero-order valence-electron chi connectivity index (χ0n) is 10.9. The molecule has 0 spiro atoms. The minimum atomic E-state index is -0.873. The first-order valence-corrected chi connectivity index (χ1v) is 6.25. The Kier molecular flexibility index (Phi) is 3.03. The molecule has 1 fully saturated rings. The molecule has 0 aromatic heterocycles. The van der Waals surface area contributed by atoms with E-state index in [1.165, 1.54) is 19.2 Å². The number of carbonyl (C=O) groups is 1. The average molecular weight is 272 g/mol. The molecular weight excluding hydrogens is 259 g/mol. The van der Waals surface area contributed by atoms with Gasteiger partial charge >= 0.3 is 5.97 Å². The predicted molar refractivity (Wildman–Crippen MR) is 70.5 cm³/mol. The maximum atomic E-state index is 13.1. The normalized spacial score (nSPS) is 24.2. The maximum Gasteiger partial charge on any atom is 0.338 e. The Labute approximate surface area is 115 Å². The number of esters is 1. The molecule has 2 aromatic rings. The molecule has 0 unspecified atom stereocenters. The van der Waals surface area contributed by atoms with Gasteiger partial charge in [0.25, 0.3) is 0 Å². The minimum Gasteiger partial charge on any atom is -0.467 e. The summed E-state index contributed by atoms with van der Waals surface area (Å²) in [5.41, 5.74) is 0.713. The molecule has 2 atom stereocenters. The van der Waals surface area contributed by atoms with Crippen LogP contribution < -0.4 is 0 Å². The predicted octanol–water partition coefficient (Wildman–Crippen LogP) is 2.64. The molecule has 102 valence electrons. The van der Waals surface area contributed by atoms with Gasteiger partial charge in [-0.15, -0.1) is 0 Å². The van der Waals surface area contributed by atoms with Gasteiger partial charge in [0.15, 0.2) is 11.7 Å². The van der Waals surface area contributed by atoms with Crippen molar-refractivity contribution in [3.05, 3.63) is 71.5 Å². The SMILES string of the molecule is COC(=O)[C@@H]1O[C@]1(c1ccccc1)c1ccc(F)cc1. The van der Waals surface area contributed by atoms with Crippen molar-refractivity contribution in [1.29, 1.82) is 0 Å². The van der Waals surface area contributed by atoms with E-state index in [2.05, 4.69) is 0 Å². The van der Waals surface area contributed by atoms with Crippen LogP contribution in [0.4, 0.5) is 4.39 Å². The van der Waals surface area contributed by atoms with Gasteiger partial charge in [0.2, 0.25) is 0 Å². The first-order chi connectivity index (χ1) is 9.68. The Bertz CT molecular complexity index is 624. The number of benzene rings is 2. The van der Waals surface area contributed by atoms with Gasteiger partial charge in [-0.25, -0.2) is 9.18 Å². The molecular formula is C16H13FO3. The van der Waals surface area contributed by atoms with Gasteiger partial charge in [0.1, 0.15) is 5.82 Å². The molecule has 1 heterocycles. The quantitative estimate of drug-likeness (QED) is 0.637. The van der Waals surface area contributed by atoms with Gasteiger partial charge in [-0.05, 0) is 23.3 Å². The second-order valence-electron chi connectivity index (χ2n) is 4.63. The van der Waals surface area contributed by atoms with Gasteiger partial charge < -0.3 is 9.47 Å². The third-order valence-electron chi connectivity index (χ3n) is 3.51. The monoisotopic (exact) mass is 272 g/mol. The summed E-state index contributed by atoms with van der Waals surface area (Å²) in [4.78, 5) is 11.8. The maximum absolute atomic E-state index is 13.1. The van der Waals surface area contributed by atoms with Crippen molar-refractivity contribution in [2.45, 2.75) is 11.7 Å². The number of halogens is 1. The summed E-state index contributed by atoms with van der Waals surface area (Å²) >= 11 is 0. The van der Waals surface area contributed by atoms with E-state index < -0.39 is 17.7 Å². The lowest BCUT2D eigenvalue weighted by Gasteiger charge is -2.13. The van der Waals surface area contributed by atoms with E-state index in [1.807, 2.05) is 30.3 Å². The first kappa shape index (κ1) is 12.8. The van der Waals surface area contributed by atoms with Crippen molar-refractivity contribution in [1.82, 2.24) is 0 Å². The van der Waals surface area contributed by atoms with Crippen molar-refractivity contribution in [2.24, 2.45) is 0 Å². The van der Waals surface area contributed by atoms with Crippen LogP contribution in [0.1, 0.15) is 11.1 Å².